The summed E-state index contributed by atoms with van der Waals surface area (Å²) in [5.41, 5.74) is 6.73. The standard InChI is InChI=1S/C12H17N3O3/c1-8-3-4-9(11(16)17)7-10(8)15-12(18)14-6-2-5-13/h3-4,7H,2,5-6,13H2,1H3,(H,16,17)(H2,14,15,18). The molecule has 0 aromatic heterocycles. The SMILES string of the molecule is Cc1ccc(C(=O)O)cc1NC(=O)NCCCN. The highest BCUT2D eigenvalue weighted by molar-refractivity contribution is 5.93. The van der Waals surface area contributed by atoms with Gasteiger partial charge in [-0.15, -0.1) is 0 Å². The monoisotopic (exact) mass is 251 g/mol. The van der Waals surface area contributed by atoms with Gasteiger partial charge in [0, 0.05) is 12.2 Å². The molecule has 0 aliphatic heterocycles. The van der Waals surface area contributed by atoms with E-state index in [2.05, 4.69) is 10.6 Å². The Labute approximate surface area is 105 Å². The summed E-state index contributed by atoms with van der Waals surface area (Å²) in [6, 6.07) is 4.21. The van der Waals surface area contributed by atoms with Crippen LogP contribution in [0.1, 0.15) is 22.3 Å². The summed E-state index contributed by atoms with van der Waals surface area (Å²) in [7, 11) is 0. The number of aryl methyl sites for hydroxylation is 1. The molecule has 1 aromatic carbocycles. The van der Waals surface area contributed by atoms with Crippen LogP contribution in [-0.4, -0.2) is 30.2 Å². The lowest BCUT2D eigenvalue weighted by molar-refractivity contribution is 0.0697. The second kappa shape index (κ2) is 6.61. The average molecular weight is 251 g/mol. The van der Waals surface area contributed by atoms with Crippen LogP contribution >= 0.6 is 0 Å². The van der Waals surface area contributed by atoms with Gasteiger partial charge in [-0.1, -0.05) is 6.07 Å². The number of benzene rings is 1. The van der Waals surface area contributed by atoms with Gasteiger partial charge in [0.05, 0.1) is 5.56 Å². The maximum atomic E-state index is 11.5. The second-order valence-electron chi connectivity index (χ2n) is 3.86. The van der Waals surface area contributed by atoms with E-state index < -0.39 is 5.97 Å². The Morgan fingerprint density at radius 2 is 2.11 bits per heavy atom. The quantitative estimate of drug-likeness (QED) is 0.589. The number of rotatable bonds is 5. The van der Waals surface area contributed by atoms with Crippen molar-refractivity contribution in [3.63, 3.8) is 0 Å². The van der Waals surface area contributed by atoms with Crippen molar-refractivity contribution in [1.82, 2.24) is 5.32 Å². The van der Waals surface area contributed by atoms with Crippen molar-refractivity contribution < 1.29 is 14.7 Å². The molecule has 5 N–H and O–H groups in total. The molecule has 18 heavy (non-hydrogen) atoms. The van der Waals surface area contributed by atoms with E-state index in [0.717, 1.165) is 5.56 Å². The number of carboxylic acid groups (broad SMARTS) is 1. The summed E-state index contributed by atoms with van der Waals surface area (Å²) in [6.45, 7) is 2.79. The fraction of sp³-hybridized carbons (Fsp3) is 0.333. The summed E-state index contributed by atoms with van der Waals surface area (Å²) in [6.07, 6.45) is 0.696. The molecule has 6 heteroatoms. The molecular weight excluding hydrogens is 234 g/mol. The fourth-order valence-corrected chi connectivity index (χ4v) is 1.36. The number of carbonyl (C=O) groups excluding carboxylic acids is 1. The number of aromatic carboxylic acids is 1. The Bertz CT molecular complexity index is 446. The van der Waals surface area contributed by atoms with Gasteiger partial charge in [0.15, 0.2) is 0 Å². The van der Waals surface area contributed by atoms with Crippen molar-refractivity contribution in [2.75, 3.05) is 18.4 Å². The van der Waals surface area contributed by atoms with Gasteiger partial charge < -0.3 is 21.5 Å². The highest BCUT2D eigenvalue weighted by atomic mass is 16.4. The number of hydrogen-bond donors (Lipinski definition) is 4. The number of carbonyl (C=O) groups is 2. The van der Waals surface area contributed by atoms with E-state index in [-0.39, 0.29) is 11.6 Å². The minimum absolute atomic E-state index is 0.137. The predicted octanol–water partition coefficient (Wildman–Crippen LogP) is 1.16. The van der Waals surface area contributed by atoms with E-state index in [1.54, 1.807) is 13.0 Å². The summed E-state index contributed by atoms with van der Waals surface area (Å²) >= 11 is 0. The molecule has 0 aliphatic rings. The van der Waals surface area contributed by atoms with E-state index in [1.165, 1.54) is 12.1 Å². The molecule has 2 amide bonds. The molecule has 98 valence electrons. The topological polar surface area (TPSA) is 104 Å². The Hall–Kier alpha value is -2.08. The number of amides is 2. The van der Waals surface area contributed by atoms with E-state index in [0.29, 0.717) is 25.2 Å². The van der Waals surface area contributed by atoms with Gasteiger partial charge in [0.25, 0.3) is 0 Å². The highest BCUT2D eigenvalue weighted by Crippen LogP contribution is 2.16. The van der Waals surface area contributed by atoms with Crippen LogP contribution in [0.2, 0.25) is 0 Å². The number of anilines is 1. The molecule has 0 aliphatic carbocycles. The van der Waals surface area contributed by atoms with Crippen molar-refractivity contribution in [2.45, 2.75) is 13.3 Å². The molecule has 6 nitrogen and oxygen atoms in total. The predicted molar refractivity (Wildman–Crippen MR) is 68.8 cm³/mol. The lowest BCUT2D eigenvalue weighted by Crippen LogP contribution is -2.30. The first kappa shape index (κ1) is 14.0. The molecule has 0 spiro atoms. The van der Waals surface area contributed by atoms with Crippen LogP contribution in [-0.2, 0) is 0 Å². The molecule has 0 atom stereocenters. The first-order valence-corrected chi connectivity index (χ1v) is 5.63. The molecule has 0 unspecified atom stereocenters. The van der Waals surface area contributed by atoms with Crippen LogP contribution in [0.15, 0.2) is 18.2 Å². The molecule has 0 bridgehead atoms. The van der Waals surface area contributed by atoms with Crippen molar-refractivity contribution in [2.24, 2.45) is 5.73 Å². The number of urea groups is 1. The molecule has 0 radical (unpaired) electrons. The number of nitrogens with one attached hydrogen (secondary N) is 2. The number of carboxylic acids is 1. The molecule has 1 aromatic rings. The third kappa shape index (κ3) is 4.06. The summed E-state index contributed by atoms with van der Waals surface area (Å²) in [5.74, 6) is -1.03. The maximum absolute atomic E-state index is 11.5. The van der Waals surface area contributed by atoms with Crippen molar-refractivity contribution in [3.05, 3.63) is 29.3 Å². The normalized spacial score (nSPS) is 9.89. The van der Waals surface area contributed by atoms with E-state index >= 15 is 0 Å². The third-order valence-electron chi connectivity index (χ3n) is 2.40. The van der Waals surface area contributed by atoms with Gasteiger partial charge in [-0.2, -0.15) is 0 Å². The third-order valence-corrected chi connectivity index (χ3v) is 2.40. The first-order valence-electron chi connectivity index (χ1n) is 5.63. The van der Waals surface area contributed by atoms with Crippen molar-refractivity contribution >= 4 is 17.7 Å². The second-order valence-corrected chi connectivity index (χ2v) is 3.86. The van der Waals surface area contributed by atoms with Gasteiger partial charge in [0.2, 0.25) is 0 Å². The van der Waals surface area contributed by atoms with Gasteiger partial charge in [0.1, 0.15) is 0 Å². The Morgan fingerprint density at radius 3 is 2.72 bits per heavy atom. The minimum atomic E-state index is -1.03. The molecule has 0 saturated carbocycles. The van der Waals surface area contributed by atoms with Crippen LogP contribution < -0.4 is 16.4 Å². The van der Waals surface area contributed by atoms with Gasteiger partial charge >= 0.3 is 12.0 Å². The average Bonchev–Trinajstić information content (AvgIpc) is 2.32. The highest BCUT2D eigenvalue weighted by Gasteiger charge is 2.08. The zero-order chi connectivity index (χ0) is 13.5. The van der Waals surface area contributed by atoms with E-state index in [9.17, 15) is 9.59 Å². The molecule has 0 saturated heterocycles. The zero-order valence-electron chi connectivity index (χ0n) is 10.2. The van der Waals surface area contributed by atoms with Gasteiger partial charge in [-0.3, -0.25) is 0 Å². The summed E-state index contributed by atoms with van der Waals surface area (Å²) in [4.78, 5) is 22.3. The van der Waals surface area contributed by atoms with Crippen molar-refractivity contribution in [3.8, 4) is 0 Å². The van der Waals surface area contributed by atoms with Crippen LogP contribution in [0.3, 0.4) is 0 Å². The van der Waals surface area contributed by atoms with Gasteiger partial charge in [-0.25, -0.2) is 9.59 Å². The molecule has 0 fully saturated rings. The Kier molecular flexibility index (Phi) is 5.13. The van der Waals surface area contributed by atoms with Gasteiger partial charge in [-0.05, 0) is 37.6 Å². The Morgan fingerprint density at radius 1 is 1.39 bits per heavy atom. The zero-order valence-corrected chi connectivity index (χ0v) is 10.2. The molecule has 1 rings (SSSR count). The minimum Gasteiger partial charge on any atom is -0.478 e. The lowest BCUT2D eigenvalue weighted by Gasteiger charge is -2.10. The maximum Gasteiger partial charge on any atom is 0.335 e. The Balaban J connectivity index is 2.68. The summed E-state index contributed by atoms with van der Waals surface area (Å²) < 4.78 is 0. The van der Waals surface area contributed by atoms with E-state index in [4.69, 9.17) is 10.8 Å². The molecule has 0 heterocycles. The fourth-order valence-electron chi connectivity index (χ4n) is 1.36. The van der Waals surface area contributed by atoms with Crippen LogP contribution in [0.25, 0.3) is 0 Å². The lowest BCUT2D eigenvalue weighted by atomic mass is 10.1. The number of nitrogens with two attached hydrogens (primary N) is 1. The largest absolute Gasteiger partial charge is 0.478 e. The smallest absolute Gasteiger partial charge is 0.335 e. The van der Waals surface area contributed by atoms with Crippen LogP contribution in [0, 0.1) is 6.92 Å². The summed E-state index contributed by atoms with van der Waals surface area (Å²) in [5, 5.41) is 14.1. The number of hydrogen-bond acceptors (Lipinski definition) is 3. The van der Waals surface area contributed by atoms with Crippen LogP contribution in [0.5, 0.6) is 0 Å². The molecular formula is C12H17N3O3. The first-order chi connectivity index (χ1) is 8.54. The van der Waals surface area contributed by atoms with Crippen molar-refractivity contribution in [1.29, 1.82) is 0 Å². The van der Waals surface area contributed by atoms with E-state index in [1.807, 2.05) is 0 Å². The van der Waals surface area contributed by atoms with Crippen LogP contribution in [0.4, 0.5) is 10.5 Å².